The number of methoxy groups -OCH3 is 1. The molecule has 0 radical (unpaired) electrons. The van der Waals surface area contributed by atoms with Crippen molar-refractivity contribution in [2.24, 2.45) is 13.0 Å². The van der Waals surface area contributed by atoms with Crippen molar-refractivity contribution < 1.29 is 14.3 Å². The third-order valence-electron chi connectivity index (χ3n) is 4.96. The lowest BCUT2D eigenvalue weighted by molar-refractivity contribution is 0.0921. The van der Waals surface area contributed by atoms with Gasteiger partial charge in [-0.2, -0.15) is 0 Å². The normalized spacial score (nSPS) is 11.9. The first-order valence-corrected chi connectivity index (χ1v) is 11.4. The molecule has 1 atom stereocenters. The Kier molecular flexibility index (Phi) is 7.93. The van der Waals surface area contributed by atoms with Crippen LogP contribution in [0.15, 0.2) is 53.7 Å². The number of ether oxygens (including phenoxy) is 1. The third-order valence-corrected chi connectivity index (χ3v) is 6.31. The smallest absolute Gasteiger partial charge is 0.253 e. The molecule has 0 spiro atoms. The monoisotopic (exact) mass is 472 g/mol. The number of amides is 1. The number of hydrogen-bond donors (Lipinski definition) is 1. The zero-order valence-electron chi connectivity index (χ0n) is 18.3. The Balaban J connectivity index is 1.71. The number of aromatic nitrogens is 3. The van der Waals surface area contributed by atoms with Gasteiger partial charge >= 0.3 is 0 Å². The molecule has 1 heterocycles. The third kappa shape index (κ3) is 5.49. The van der Waals surface area contributed by atoms with Crippen LogP contribution in [0.1, 0.15) is 46.4 Å². The lowest BCUT2D eigenvalue weighted by Gasteiger charge is -2.22. The second-order valence-electron chi connectivity index (χ2n) is 7.52. The number of carbonyl (C=O) groups excluding carboxylic acids is 2. The van der Waals surface area contributed by atoms with Gasteiger partial charge in [0.05, 0.1) is 29.5 Å². The van der Waals surface area contributed by atoms with Gasteiger partial charge in [0, 0.05) is 12.6 Å². The van der Waals surface area contributed by atoms with Crippen molar-refractivity contribution in [2.75, 3.05) is 12.9 Å². The topological polar surface area (TPSA) is 86.1 Å². The molecule has 1 N–H and O–H groups in total. The van der Waals surface area contributed by atoms with Crippen LogP contribution in [0.25, 0.3) is 0 Å². The van der Waals surface area contributed by atoms with Crippen LogP contribution in [-0.2, 0) is 7.05 Å². The van der Waals surface area contributed by atoms with Gasteiger partial charge in [0.2, 0.25) is 0 Å². The molecule has 3 rings (SSSR count). The fourth-order valence-corrected chi connectivity index (χ4v) is 4.14. The van der Waals surface area contributed by atoms with Crippen molar-refractivity contribution in [3.8, 4) is 5.75 Å². The van der Waals surface area contributed by atoms with Crippen LogP contribution in [0.3, 0.4) is 0 Å². The molecule has 7 nitrogen and oxygen atoms in total. The lowest BCUT2D eigenvalue weighted by Crippen LogP contribution is -2.33. The number of halogens is 1. The van der Waals surface area contributed by atoms with E-state index in [9.17, 15) is 9.59 Å². The van der Waals surface area contributed by atoms with Gasteiger partial charge in [-0.25, -0.2) is 0 Å². The number of benzene rings is 2. The first kappa shape index (κ1) is 23.8. The Bertz CT molecular complexity index is 1100. The van der Waals surface area contributed by atoms with Crippen LogP contribution < -0.4 is 10.1 Å². The molecule has 9 heteroatoms. The van der Waals surface area contributed by atoms with E-state index in [1.54, 1.807) is 55.6 Å². The predicted molar refractivity (Wildman–Crippen MR) is 126 cm³/mol. The highest BCUT2D eigenvalue weighted by molar-refractivity contribution is 7.99. The summed E-state index contributed by atoms with van der Waals surface area (Å²) in [7, 11) is 3.41. The van der Waals surface area contributed by atoms with Gasteiger partial charge < -0.3 is 14.6 Å². The van der Waals surface area contributed by atoms with Crippen molar-refractivity contribution in [3.63, 3.8) is 0 Å². The maximum Gasteiger partial charge on any atom is 0.253 e. The van der Waals surface area contributed by atoms with Crippen LogP contribution >= 0.6 is 23.4 Å². The quantitative estimate of drug-likeness (QED) is 0.362. The Morgan fingerprint density at radius 3 is 2.44 bits per heavy atom. The van der Waals surface area contributed by atoms with E-state index in [2.05, 4.69) is 15.5 Å². The highest BCUT2D eigenvalue weighted by atomic mass is 35.5. The summed E-state index contributed by atoms with van der Waals surface area (Å²) in [5, 5.41) is 12.5. The predicted octanol–water partition coefficient (Wildman–Crippen LogP) is 4.58. The van der Waals surface area contributed by atoms with Crippen LogP contribution in [0.2, 0.25) is 5.02 Å². The number of Topliss-reactive ketones (excluding diaryl/α,β-unsaturated/α-hetero) is 1. The van der Waals surface area contributed by atoms with E-state index in [1.165, 1.54) is 11.8 Å². The van der Waals surface area contributed by atoms with Crippen LogP contribution in [-0.4, -0.2) is 39.3 Å². The SMILES string of the molecule is COc1ccc(C(=O)CSc2nnc([C@H](NC(=O)c3ccccc3Cl)C(C)C)n2C)cc1. The molecule has 32 heavy (non-hydrogen) atoms. The summed E-state index contributed by atoms with van der Waals surface area (Å²) in [5.74, 6) is 1.29. The number of nitrogens with zero attached hydrogens (tertiary/aromatic N) is 3. The van der Waals surface area contributed by atoms with Crippen LogP contribution in [0.4, 0.5) is 0 Å². The number of nitrogens with one attached hydrogen (secondary N) is 1. The Morgan fingerprint density at radius 2 is 1.81 bits per heavy atom. The summed E-state index contributed by atoms with van der Waals surface area (Å²) < 4.78 is 6.93. The summed E-state index contributed by atoms with van der Waals surface area (Å²) in [6.45, 7) is 3.98. The molecule has 0 bridgehead atoms. The average molecular weight is 473 g/mol. The number of rotatable bonds is 9. The summed E-state index contributed by atoms with van der Waals surface area (Å²) in [4.78, 5) is 25.3. The standard InChI is InChI=1S/C23H25ClN4O3S/c1-14(2)20(25-22(30)17-7-5-6-8-18(17)24)21-26-27-23(28(21)3)32-13-19(29)15-9-11-16(31-4)12-10-15/h5-12,14,20H,13H2,1-4H3,(H,25,30)/t20-/m1/s1. The van der Waals surface area contributed by atoms with Gasteiger partial charge in [-0.05, 0) is 42.3 Å². The molecule has 1 amide bonds. The molecular weight excluding hydrogens is 448 g/mol. The minimum atomic E-state index is -0.372. The van der Waals surface area contributed by atoms with E-state index >= 15 is 0 Å². The van der Waals surface area contributed by atoms with Crippen LogP contribution in [0.5, 0.6) is 5.75 Å². The number of ketones is 1. The van der Waals surface area contributed by atoms with E-state index < -0.39 is 0 Å². The molecule has 0 saturated carbocycles. The Hall–Kier alpha value is -2.84. The first-order chi connectivity index (χ1) is 15.3. The summed E-state index contributed by atoms with van der Waals surface area (Å²) in [6.07, 6.45) is 0. The van der Waals surface area contributed by atoms with E-state index in [0.717, 1.165) is 0 Å². The van der Waals surface area contributed by atoms with Gasteiger partial charge in [0.15, 0.2) is 16.8 Å². The summed E-state index contributed by atoms with van der Waals surface area (Å²) in [6, 6.07) is 13.5. The molecule has 168 valence electrons. The first-order valence-electron chi connectivity index (χ1n) is 10.1. The zero-order chi connectivity index (χ0) is 23.3. The summed E-state index contributed by atoms with van der Waals surface area (Å²) >= 11 is 7.47. The number of carbonyl (C=O) groups is 2. The molecule has 0 saturated heterocycles. The van der Waals surface area contributed by atoms with E-state index in [-0.39, 0.29) is 29.4 Å². The fourth-order valence-electron chi connectivity index (χ4n) is 3.11. The van der Waals surface area contributed by atoms with Crippen molar-refractivity contribution in [2.45, 2.75) is 25.0 Å². The van der Waals surface area contributed by atoms with Gasteiger partial charge in [-0.3, -0.25) is 9.59 Å². The van der Waals surface area contributed by atoms with Gasteiger partial charge in [-0.15, -0.1) is 10.2 Å². The van der Waals surface area contributed by atoms with E-state index in [1.807, 2.05) is 25.5 Å². The summed E-state index contributed by atoms with van der Waals surface area (Å²) in [5.41, 5.74) is 1.01. The second kappa shape index (κ2) is 10.7. The minimum absolute atomic E-state index is 0.0189. The molecule has 3 aromatic rings. The van der Waals surface area contributed by atoms with Gasteiger partial charge in [0.25, 0.3) is 5.91 Å². The second-order valence-corrected chi connectivity index (χ2v) is 8.86. The van der Waals surface area contributed by atoms with E-state index in [0.29, 0.717) is 32.9 Å². The Morgan fingerprint density at radius 1 is 1.12 bits per heavy atom. The highest BCUT2D eigenvalue weighted by Gasteiger charge is 2.26. The van der Waals surface area contributed by atoms with Crippen molar-refractivity contribution >= 4 is 35.1 Å². The lowest BCUT2D eigenvalue weighted by atomic mass is 10.0. The van der Waals surface area contributed by atoms with Crippen LogP contribution in [0, 0.1) is 5.92 Å². The molecule has 0 aliphatic rings. The Labute approximate surface area is 196 Å². The van der Waals surface area contributed by atoms with Gasteiger partial charge in [-0.1, -0.05) is 49.3 Å². The molecular formula is C23H25ClN4O3S. The van der Waals surface area contributed by atoms with Crippen molar-refractivity contribution in [3.05, 3.63) is 70.5 Å². The van der Waals surface area contributed by atoms with Crippen molar-refractivity contribution in [1.29, 1.82) is 0 Å². The van der Waals surface area contributed by atoms with Gasteiger partial charge in [0.1, 0.15) is 5.75 Å². The fraction of sp³-hybridized carbons (Fsp3) is 0.304. The van der Waals surface area contributed by atoms with Crippen molar-refractivity contribution in [1.82, 2.24) is 20.1 Å². The average Bonchev–Trinajstić information content (AvgIpc) is 3.15. The highest BCUT2D eigenvalue weighted by Crippen LogP contribution is 2.26. The zero-order valence-corrected chi connectivity index (χ0v) is 19.9. The number of thioether (sulfide) groups is 1. The molecule has 0 aliphatic carbocycles. The maximum absolute atomic E-state index is 12.8. The minimum Gasteiger partial charge on any atom is -0.497 e. The maximum atomic E-state index is 12.8. The largest absolute Gasteiger partial charge is 0.497 e. The molecule has 1 aromatic heterocycles. The molecule has 2 aromatic carbocycles. The molecule has 0 unspecified atom stereocenters. The molecule has 0 fully saturated rings. The number of hydrogen-bond acceptors (Lipinski definition) is 6. The van der Waals surface area contributed by atoms with E-state index in [4.69, 9.17) is 16.3 Å². The molecule has 0 aliphatic heterocycles.